The van der Waals surface area contributed by atoms with Crippen molar-refractivity contribution in [1.29, 1.82) is 0 Å². The zero-order valence-corrected chi connectivity index (χ0v) is 9.58. The Hall–Kier alpha value is -2.30. The number of oxime groups is 1. The summed E-state index contributed by atoms with van der Waals surface area (Å²) >= 11 is 0. The number of hydrogen-bond donors (Lipinski definition) is 1. The zero-order valence-electron chi connectivity index (χ0n) is 9.58. The number of phenolic OH excluding ortho intramolecular Hbond substituents is 1. The van der Waals surface area contributed by atoms with E-state index in [0.29, 0.717) is 11.1 Å². The summed E-state index contributed by atoms with van der Waals surface area (Å²) in [5.41, 5.74) is 1.35. The zero-order chi connectivity index (χ0) is 12.7. The second kappa shape index (κ2) is 6.32. The molecule has 0 atom stereocenters. The first-order valence-corrected chi connectivity index (χ1v) is 4.83. The summed E-state index contributed by atoms with van der Waals surface area (Å²) in [4.78, 5) is 15.5. The topological polar surface area (TPSA) is 68.1 Å². The van der Waals surface area contributed by atoms with Gasteiger partial charge in [-0.3, -0.25) is 0 Å². The van der Waals surface area contributed by atoms with Crippen molar-refractivity contribution in [2.45, 2.75) is 0 Å². The molecule has 1 rings (SSSR count). The van der Waals surface area contributed by atoms with Crippen molar-refractivity contribution in [3.05, 3.63) is 35.4 Å². The molecular weight excluding hydrogens is 222 g/mol. The quantitative estimate of drug-likeness (QED) is 0.372. The number of nitrogens with zero attached hydrogens (tertiary/aromatic N) is 1. The minimum atomic E-state index is -0.469. The monoisotopic (exact) mass is 235 g/mol. The molecule has 0 unspecified atom stereocenters. The summed E-state index contributed by atoms with van der Waals surface area (Å²) in [5, 5.41) is 13.0. The summed E-state index contributed by atoms with van der Waals surface area (Å²) in [6.45, 7) is 0. The number of phenols is 1. The average Bonchev–Trinajstić information content (AvgIpc) is 2.34. The highest BCUT2D eigenvalue weighted by Crippen LogP contribution is 2.17. The van der Waals surface area contributed by atoms with Crippen LogP contribution in [-0.2, 0) is 14.4 Å². The number of rotatable bonds is 4. The van der Waals surface area contributed by atoms with Crippen LogP contribution in [-0.4, -0.2) is 31.5 Å². The Morgan fingerprint density at radius 3 is 2.76 bits per heavy atom. The van der Waals surface area contributed by atoms with Crippen LogP contribution in [0.3, 0.4) is 0 Å². The first kappa shape index (κ1) is 12.8. The van der Waals surface area contributed by atoms with Crippen molar-refractivity contribution in [2.75, 3.05) is 14.2 Å². The number of hydrogen-bond acceptors (Lipinski definition) is 5. The van der Waals surface area contributed by atoms with Gasteiger partial charge in [0.15, 0.2) is 0 Å². The molecule has 0 saturated heterocycles. The van der Waals surface area contributed by atoms with E-state index in [1.54, 1.807) is 6.07 Å². The van der Waals surface area contributed by atoms with Gasteiger partial charge in [0.2, 0.25) is 0 Å². The van der Waals surface area contributed by atoms with Gasteiger partial charge in [-0.05, 0) is 29.8 Å². The Morgan fingerprint density at radius 1 is 1.35 bits per heavy atom. The van der Waals surface area contributed by atoms with Crippen LogP contribution in [0.1, 0.15) is 11.1 Å². The van der Waals surface area contributed by atoms with Gasteiger partial charge < -0.3 is 14.7 Å². The maximum atomic E-state index is 11.0. The molecule has 0 bridgehead atoms. The second-order valence-electron chi connectivity index (χ2n) is 3.09. The molecule has 0 amide bonds. The third-order valence-corrected chi connectivity index (χ3v) is 1.97. The number of ether oxygens (including phenoxy) is 1. The van der Waals surface area contributed by atoms with Gasteiger partial charge in [0, 0.05) is 11.6 Å². The van der Waals surface area contributed by atoms with Gasteiger partial charge in [0.25, 0.3) is 0 Å². The van der Waals surface area contributed by atoms with Crippen molar-refractivity contribution in [3.63, 3.8) is 0 Å². The second-order valence-corrected chi connectivity index (χ2v) is 3.09. The van der Waals surface area contributed by atoms with Crippen LogP contribution in [0, 0.1) is 0 Å². The van der Waals surface area contributed by atoms with Gasteiger partial charge in [-0.2, -0.15) is 0 Å². The number of benzene rings is 1. The molecule has 90 valence electrons. The Labute approximate surface area is 99.0 Å². The third kappa shape index (κ3) is 3.98. The molecule has 5 nitrogen and oxygen atoms in total. The standard InChI is InChI=1S/C12H13NO4/c1-16-12(15)6-4-9-7-11(14)5-3-10(9)8-13-17-2/h3-8,14H,1-2H3/b6-4+,13-8+. The molecule has 1 aromatic carbocycles. The summed E-state index contributed by atoms with van der Waals surface area (Å²) in [6, 6.07) is 4.69. The van der Waals surface area contributed by atoms with E-state index in [2.05, 4.69) is 14.7 Å². The molecule has 0 heterocycles. The van der Waals surface area contributed by atoms with Crippen molar-refractivity contribution in [2.24, 2.45) is 5.16 Å². The lowest BCUT2D eigenvalue weighted by molar-refractivity contribution is -0.134. The van der Waals surface area contributed by atoms with E-state index in [1.165, 1.54) is 44.7 Å². The molecule has 0 saturated carbocycles. The molecule has 17 heavy (non-hydrogen) atoms. The molecule has 0 aromatic heterocycles. The molecule has 1 N–H and O–H groups in total. The van der Waals surface area contributed by atoms with Gasteiger partial charge in [-0.15, -0.1) is 0 Å². The number of esters is 1. The van der Waals surface area contributed by atoms with E-state index in [9.17, 15) is 9.90 Å². The lowest BCUT2D eigenvalue weighted by Crippen LogP contribution is -1.94. The molecule has 0 fully saturated rings. The molecule has 0 spiro atoms. The van der Waals surface area contributed by atoms with Gasteiger partial charge in [-0.25, -0.2) is 4.79 Å². The van der Waals surface area contributed by atoms with E-state index in [4.69, 9.17) is 0 Å². The van der Waals surface area contributed by atoms with E-state index in [-0.39, 0.29) is 5.75 Å². The number of carbonyl (C=O) groups is 1. The Morgan fingerprint density at radius 2 is 2.12 bits per heavy atom. The van der Waals surface area contributed by atoms with E-state index >= 15 is 0 Å². The van der Waals surface area contributed by atoms with Crippen LogP contribution in [0.15, 0.2) is 29.4 Å². The lowest BCUT2D eigenvalue weighted by Gasteiger charge is -2.01. The van der Waals surface area contributed by atoms with E-state index < -0.39 is 5.97 Å². The number of methoxy groups -OCH3 is 1. The van der Waals surface area contributed by atoms with E-state index in [0.717, 1.165) is 0 Å². The fraction of sp³-hybridized carbons (Fsp3) is 0.167. The molecule has 0 aliphatic carbocycles. The minimum Gasteiger partial charge on any atom is -0.508 e. The lowest BCUT2D eigenvalue weighted by atomic mass is 10.1. The smallest absolute Gasteiger partial charge is 0.330 e. The Kier molecular flexibility index (Phi) is 4.75. The number of carbonyl (C=O) groups excluding carboxylic acids is 1. The van der Waals surface area contributed by atoms with Crippen LogP contribution in [0.25, 0.3) is 6.08 Å². The fourth-order valence-corrected chi connectivity index (χ4v) is 1.16. The summed E-state index contributed by atoms with van der Waals surface area (Å²) in [6.07, 6.45) is 4.28. The third-order valence-electron chi connectivity index (χ3n) is 1.97. The first-order valence-electron chi connectivity index (χ1n) is 4.83. The molecule has 0 radical (unpaired) electrons. The maximum absolute atomic E-state index is 11.0. The van der Waals surface area contributed by atoms with Gasteiger partial charge in [-0.1, -0.05) is 5.16 Å². The largest absolute Gasteiger partial charge is 0.508 e. The highest BCUT2D eigenvalue weighted by atomic mass is 16.6. The average molecular weight is 235 g/mol. The van der Waals surface area contributed by atoms with Gasteiger partial charge in [0.05, 0.1) is 13.3 Å². The van der Waals surface area contributed by atoms with E-state index in [1.807, 2.05) is 0 Å². The fourth-order valence-electron chi connectivity index (χ4n) is 1.16. The highest BCUT2D eigenvalue weighted by molar-refractivity contribution is 5.91. The maximum Gasteiger partial charge on any atom is 0.330 e. The predicted octanol–water partition coefficient (Wildman–Crippen LogP) is 1.56. The molecule has 1 aromatic rings. The van der Waals surface area contributed by atoms with Crippen LogP contribution < -0.4 is 0 Å². The molecular formula is C12H13NO4. The van der Waals surface area contributed by atoms with Gasteiger partial charge in [0.1, 0.15) is 12.9 Å². The minimum absolute atomic E-state index is 0.101. The van der Waals surface area contributed by atoms with Crippen LogP contribution in [0.5, 0.6) is 5.75 Å². The number of aromatic hydroxyl groups is 1. The predicted molar refractivity (Wildman–Crippen MR) is 63.8 cm³/mol. The summed E-state index contributed by atoms with van der Waals surface area (Å²) in [7, 11) is 2.73. The Balaban J connectivity index is 3.02. The Bertz CT molecular complexity index is 452. The van der Waals surface area contributed by atoms with Crippen LogP contribution in [0.2, 0.25) is 0 Å². The molecule has 0 aliphatic heterocycles. The summed E-state index contributed by atoms with van der Waals surface area (Å²) < 4.78 is 4.48. The highest BCUT2D eigenvalue weighted by Gasteiger charge is 2.00. The van der Waals surface area contributed by atoms with Crippen molar-refractivity contribution < 1.29 is 19.5 Å². The summed E-state index contributed by atoms with van der Waals surface area (Å²) in [5.74, 6) is -0.368. The van der Waals surface area contributed by atoms with Crippen molar-refractivity contribution >= 4 is 18.3 Å². The SMILES string of the molecule is CO/N=C/c1ccc(O)cc1/C=C/C(=O)OC. The molecule has 5 heteroatoms. The van der Waals surface area contributed by atoms with Gasteiger partial charge >= 0.3 is 5.97 Å². The van der Waals surface area contributed by atoms with Crippen LogP contribution in [0.4, 0.5) is 0 Å². The van der Waals surface area contributed by atoms with Crippen molar-refractivity contribution in [3.8, 4) is 5.75 Å². The van der Waals surface area contributed by atoms with Crippen molar-refractivity contribution in [1.82, 2.24) is 0 Å². The molecule has 0 aliphatic rings. The normalized spacial score (nSPS) is 10.9. The van der Waals surface area contributed by atoms with Crippen LogP contribution >= 0.6 is 0 Å². The first-order chi connectivity index (χ1) is 8.17.